The summed E-state index contributed by atoms with van der Waals surface area (Å²) in [6.45, 7) is 5.29. The highest BCUT2D eigenvalue weighted by molar-refractivity contribution is 5.42. The van der Waals surface area contributed by atoms with E-state index in [0.717, 1.165) is 31.3 Å². The summed E-state index contributed by atoms with van der Waals surface area (Å²) >= 11 is 0. The minimum absolute atomic E-state index is 0.00514. The van der Waals surface area contributed by atoms with Crippen molar-refractivity contribution in [3.05, 3.63) is 57.8 Å². The van der Waals surface area contributed by atoms with Crippen LogP contribution in [0.15, 0.2) is 29.3 Å². The zero-order valence-electron chi connectivity index (χ0n) is 18.2. The Morgan fingerprint density at radius 2 is 1.94 bits per heavy atom. The zero-order chi connectivity index (χ0) is 23.2. The molecule has 2 aliphatic rings. The smallest absolute Gasteiger partial charge is 0.381 e. The number of ether oxygens (including phenoxy) is 1. The van der Waals surface area contributed by atoms with Gasteiger partial charge in [-0.25, -0.2) is 9.50 Å². The number of hydrogen-bond donors (Lipinski definition) is 1. The number of nitrogens with one attached hydrogen (secondary N) is 1. The summed E-state index contributed by atoms with van der Waals surface area (Å²) < 4.78 is 45.4. The first kappa shape index (κ1) is 22.0. The van der Waals surface area contributed by atoms with Gasteiger partial charge in [0, 0.05) is 50.9 Å². The molecule has 0 bridgehead atoms. The predicted molar refractivity (Wildman–Crippen MR) is 113 cm³/mol. The summed E-state index contributed by atoms with van der Waals surface area (Å²) in [4.78, 5) is 25.9. The Morgan fingerprint density at radius 1 is 1.15 bits per heavy atom. The van der Waals surface area contributed by atoms with Gasteiger partial charge in [0.2, 0.25) is 0 Å². The number of likely N-dealkylation sites (tertiary alicyclic amines) is 1. The molecule has 33 heavy (non-hydrogen) atoms. The fraction of sp³-hybridized carbons (Fsp3) is 0.545. The number of alkyl halides is 3. The fourth-order valence-corrected chi connectivity index (χ4v) is 4.83. The maximum absolute atomic E-state index is 12.8. The lowest BCUT2D eigenvalue weighted by Crippen LogP contribution is -2.24. The number of hydrogen-bond acceptors (Lipinski definition) is 6. The molecule has 2 unspecified atom stereocenters. The van der Waals surface area contributed by atoms with Gasteiger partial charge in [-0.3, -0.25) is 14.7 Å². The van der Waals surface area contributed by atoms with E-state index in [1.54, 1.807) is 10.7 Å². The largest absolute Gasteiger partial charge is 0.433 e. The van der Waals surface area contributed by atoms with E-state index in [1.165, 1.54) is 12.3 Å². The van der Waals surface area contributed by atoms with Crippen LogP contribution >= 0.6 is 0 Å². The Hall–Kier alpha value is -2.79. The van der Waals surface area contributed by atoms with E-state index < -0.39 is 11.9 Å². The minimum Gasteiger partial charge on any atom is -0.381 e. The Balaban J connectivity index is 1.36. The van der Waals surface area contributed by atoms with E-state index >= 15 is 0 Å². The van der Waals surface area contributed by atoms with E-state index in [0.29, 0.717) is 43.2 Å². The first-order valence-corrected chi connectivity index (χ1v) is 11.1. The van der Waals surface area contributed by atoms with Crippen molar-refractivity contribution in [3.8, 4) is 0 Å². The fourth-order valence-electron chi connectivity index (χ4n) is 4.83. The molecule has 1 N–H and O–H groups in total. The van der Waals surface area contributed by atoms with Crippen molar-refractivity contribution in [3.63, 3.8) is 0 Å². The first-order chi connectivity index (χ1) is 15.8. The number of pyridine rings is 1. The van der Waals surface area contributed by atoms with Crippen LogP contribution < -0.4 is 5.56 Å². The van der Waals surface area contributed by atoms with Crippen LogP contribution in [0.3, 0.4) is 0 Å². The summed E-state index contributed by atoms with van der Waals surface area (Å²) in [5.74, 6) is 1.81. The van der Waals surface area contributed by atoms with Crippen LogP contribution in [-0.2, 0) is 17.5 Å². The van der Waals surface area contributed by atoms with Gasteiger partial charge >= 0.3 is 6.18 Å². The van der Waals surface area contributed by atoms with Gasteiger partial charge in [0.25, 0.3) is 5.56 Å². The molecule has 11 heteroatoms. The van der Waals surface area contributed by atoms with E-state index in [4.69, 9.17) is 9.84 Å². The van der Waals surface area contributed by atoms with Crippen LogP contribution in [0.2, 0.25) is 0 Å². The molecule has 0 amide bonds. The second-order valence-corrected chi connectivity index (χ2v) is 8.97. The molecule has 3 aromatic rings. The molecule has 3 aromatic heterocycles. The van der Waals surface area contributed by atoms with Crippen molar-refractivity contribution >= 4 is 5.52 Å². The molecule has 0 aromatic carbocycles. The Kier molecular flexibility index (Phi) is 5.69. The van der Waals surface area contributed by atoms with Gasteiger partial charge in [0.05, 0.1) is 6.20 Å². The second kappa shape index (κ2) is 8.53. The molecule has 8 nitrogen and oxygen atoms in total. The molecule has 2 saturated heterocycles. The number of aromatic nitrogens is 5. The maximum Gasteiger partial charge on any atom is 0.433 e. The van der Waals surface area contributed by atoms with Crippen LogP contribution in [-0.4, -0.2) is 55.8 Å². The molecule has 0 saturated carbocycles. The summed E-state index contributed by atoms with van der Waals surface area (Å²) in [6.07, 6.45) is 0.0925. The number of nitrogens with zero attached hydrogens (tertiary/aromatic N) is 5. The van der Waals surface area contributed by atoms with Crippen LogP contribution in [0, 0.1) is 5.92 Å². The van der Waals surface area contributed by atoms with E-state index in [9.17, 15) is 18.0 Å². The van der Waals surface area contributed by atoms with Crippen molar-refractivity contribution in [2.75, 3.05) is 26.3 Å². The molecule has 2 fully saturated rings. The number of halogens is 3. The van der Waals surface area contributed by atoms with Crippen molar-refractivity contribution in [2.45, 2.75) is 44.3 Å². The third-order valence-electron chi connectivity index (χ3n) is 6.59. The molecule has 2 atom stereocenters. The first-order valence-electron chi connectivity index (χ1n) is 11.1. The number of fused-ring (bicyclic) bond motifs is 1. The Bertz CT molecular complexity index is 1180. The molecule has 0 spiro atoms. The third kappa shape index (κ3) is 4.39. The Labute approximate surface area is 187 Å². The van der Waals surface area contributed by atoms with Gasteiger partial charge < -0.3 is 9.72 Å². The summed E-state index contributed by atoms with van der Waals surface area (Å²) in [6, 6.07) is 2.47. The monoisotopic (exact) mass is 462 g/mol. The van der Waals surface area contributed by atoms with Crippen LogP contribution in [0.4, 0.5) is 13.2 Å². The lowest BCUT2D eigenvalue weighted by atomic mass is 9.97. The minimum atomic E-state index is -4.45. The molecule has 0 aliphatic carbocycles. The highest BCUT2D eigenvalue weighted by Gasteiger charge is 2.34. The Morgan fingerprint density at radius 3 is 2.64 bits per heavy atom. The number of H-pyrrole nitrogens is 1. The SMILES string of the molecule is CC1CN(Cc2ccc(C(F)(F)F)nc2)CC1c1nn2c(C3CCOCC3)ncc2c(=O)[nH]1. The van der Waals surface area contributed by atoms with Crippen LogP contribution in [0.5, 0.6) is 0 Å². The number of rotatable bonds is 4. The normalized spacial score (nSPS) is 22.9. The lowest BCUT2D eigenvalue weighted by molar-refractivity contribution is -0.141. The number of aromatic amines is 1. The standard InChI is InChI=1S/C22H25F3N6O2/c1-13-10-30(11-14-2-3-18(26-8-14)22(23,24)25)12-16(13)19-28-21(32)17-9-27-20(31(17)29-19)15-4-6-33-7-5-15/h2-3,8-9,13,15-16H,4-7,10-12H2,1H3,(H,28,29,32). The van der Waals surface area contributed by atoms with Crippen molar-refractivity contribution in [2.24, 2.45) is 5.92 Å². The predicted octanol–water partition coefficient (Wildman–Crippen LogP) is 2.96. The van der Waals surface area contributed by atoms with E-state index in [2.05, 4.69) is 26.8 Å². The summed E-state index contributed by atoms with van der Waals surface area (Å²) in [5, 5.41) is 4.78. The van der Waals surface area contributed by atoms with Gasteiger partial charge in [-0.05, 0) is 30.4 Å². The number of imidazole rings is 1. The topological polar surface area (TPSA) is 88.4 Å². The molecule has 5 rings (SSSR count). The molecule has 0 radical (unpaired) electrons. The second-order valence-electron chi connectivity index (χ2n) is 8.97. The molecular weight excluding hydrogens is 437 g/mol. The third-order valence-corrected chi connectivity index (χ3v) is 6.59. The summed E-state index contributed by atoms with van der Waals surface area (Å²) in [7, 11) is 0. The van der Waals surface area contributed by atoms with Gasteiger partial charge in [-0.2, -0.15) is 18.3 Å². The highest BCUT2D eigenvalue weighted by atomic mass is 19.4. The van der Waals surface area contributed by atoms with Gasteiger partial charge in [0.15, 0.2) is 5.52 Å². The highest BCUT2D eigenvalue weighted by Crippen LogP contribution is 2.32. The summed E-state index contributed by atoms with van der Waals surface area (Å²) in [5.41, 5.74) is 0.0285. The van der Waals surface area contributed by atoms with Gasteiger partial charge in [0.1, 0.15) is 17.3 Å². The quantitative estimate of drug-likeness (QED) is 0.642. The molecule has 2 aliphatic heterocycles. The van der Waals surface area contributed by atoms with Gasteiger partial charge in [-0.1, -0.05) is 13.0 Å². The molecule has 5 heterocycles. The van der Waals surface area contributed by atoms with E-state index in [-0.39, 0.29) is 23.3 Å². The van der Waals surface area contributed by atoms with Crippen molar-refractivity contribution in [1.82, 2.24) is 29.5 Å². The molecular formula is C22H25F3N6O2. The average molecular weight is 462 g/mol. The lowest BCUT2D eigenvalue weighted by Gasteiger charge is -2.21. The van der Waals surface area contributed by atoms with Crippen molar-refractivity contribution < 1.29 is 17.9 Å². The zero-order valence-corrected chi connectivity index (χ0v) is 18.2. The van der Waals surface area contributed by atoms with Crippen molar-refractivity contribution in [1.29, 1.82) is 0 Å². The van der Waals surface area contributed by atoms with Gasteiger partial charge in [-0.15, -0.1) is 0 Å². The average Bonchev–Trinajstić information content (AvgIpc) is 3.38. The van der Waals surface area contributed by atoms with Crippen LogP contribution in [0.25, 0.3) is 5.52 Å². The molecule has 176 valence electrons. The maximum atomic E-state index is 12.8. The van der Waals surface area contributed by atoms with Crippen LogP contribution in [0.1, 0.15) is 54.5 Å². The van der Waals surface area contributed by atoms with E-state index in [1.807, 2.05) is 0 Å².